The number of carbonyl (C=O) groups is 3. The van der Waals surface area contributed by atoms with Gasteiger partial charge in [-0.2, -0.15) is 0 Å². The van der Waals surface area contributed by atoms with E-state index in [4.69, 9.17) is 5.11 Å². The van der Waals surface area contributed by atoms with E-state index in [0.29, 0.717) is 12.8 Å². The average Bonchev–Trinajstić information content (AvgIpc) is 2.62. The smallest absolute Gasteiger partial charge is 0.326 e. The Bertz CT molecular complexity index is 309. The van der Waals surface area contributed by atoms with E-state index in [1.807, 2.05) is 13.8 Å². The summed E-state index contributed by atoms with van der Waals surface area (Å²) < 4.78 is 0. The van der Waals surface area contributed by atoms with Crippen LogP contribution in [0.25, 0.3) is 0 Å². The zero-order valence-electron chi connectivity index (χ0n) is 9.60. The van der Waals surface area contributed by atoms with E-state index in [0.717, 1.165) is 0 Å². The predicted octanol–water partition coefficient (Wildman–Crippen LogP) is 0.677. The first-order chi connectivity index (χ1) is 7.51. The number of rotatable bonds is 4. The lowest BCUT2D eigenvalue weighted by Crippen LogP contribution is -2.43. The Kier molecular flexibility index (Phi) is 4.04. The Hall–Kier alpha value is -1.39. The van der Waals surface area contributed by atoms with E-state index in [1.165, 1.54) is 4.90 Å². The number of hydrogen-bond acceptors (Lipinski definition) is 3. The van der Waals surface area contributed by atoms with Crippen molar-refractivity contribution in [3.05, 3.63) is 0 Å². The van der Waals surface area contributed by atoms with Crippen LogP contribution in [0.15, 0.2) is 0 Å². The Balaban J connectivity index is 2.81. The number of carboxylic acid groups (broad SMARTS) is 1. The van der Waals surface area contributed by atoms with Gasteiger partial charge in [-0.1, -0.05) is 13.8 Å². The molecule has 0 spiro atoms. The zero-order chi connectivity index (χ0) is 12.3. The summed E-state index contributed by atoms with van der Waals surface area (Å²) in [5.74, 6) is -1.65. The first-order valence-electron chi connectivity index (χ1n) is 5.56. The fourth-order valence-electron chi connectivity index (χ4n) is 2.02. The van der Waals surface area contributed by atoms with E-state index < -0.39 is 12.0 Å². The molecule has 1 aliphatic heterocycles. The summed E-state index contributed by atoms with van der Waals surface area (Å²) >= 11 is 0. The van der Waals surface area contributed by atoms with Crippen LogP contribution in [0.3, 0.4) is 0 Å². The fourth-order valence-corrected chi connectivity index (χ4v) is 2.02. The number of amides is 1. The molecule has 0 radical (unpaired) electrons. The molecule has 5 heteroatoms. The molecule has 1 saturated heterocycles. The van der Waals surface area contributed by atoms with Crippen molar-refractivity contribution in [2.75, 3.05) is 6.54 Å². The molecule has 1 rings (SSSR count). The Labute approximate surface area is 94.4 Å². The SMILES string of the molecule is CCC(CC)C(=O)N1CC(=O)CC1C(=O)O. The summed E-state index contributed by atoms with van der Waals surface area (Å²) in [6.07, 6.45) is 1.29. The van der Waals surface area contributed by atoms with Gasteiger partial charge in [0.1, 0.15) is 6.04 Å². The standard InChI is InChI=1S/C11H17NO4/c1-3-7(4-2)10(14)12-6-8(13)5-9(12)11(15)16/h7,9H,3-6H2,1-2H3,(H,15,16). The van der Waals surface area contributed by atoms with Gasteiger partial charge < -0.3 is 10.0 Å². The van der Waals surface area contributed by atoms with Gasteiger partial charge in [-0.25, -0.2) is 4.79 Å². The van der Waals surface area contributed by atoms with Gasteiger partial charge in [-0.3, -0.25) is 9.59 Å². The molecule has 1 heterocycles. The third-order valence-corrected chi connectivity index (χ3v) is 3.05. The molecule has 1 atom stereocenters. The molecule has 1 fully saturated rings. The summed E-state index contributed by atoms with van der Waals surface area (Å²) in [6.45, 7) is 3.73. The van der Waals surface area contributed by atoms with Crippen molar-refractivity contribution in [1.82, 2.24) is 4.90 Å². The van der Waals surface area contributed by atoms with Crippen LogP contribution in [0.4, 0.5) is 0 Å². The van der Waals surface area contributed by atoms with Gasteiger partial charge >= 0.3 is 5.97 Å². The summed E-state index contributed by atoms with van der Waals surface area (Å²) in [4.78, 5) is 35.3. The monoisotopic (exact) mass is 227 g/mol. The molecule has 16 heavy (non-hydrogen) atoms. The second-order valence-electron chi connectivity index (χ2n) is 4.08. The third-order valence-electron chi connectivity index (χ3n) is 3.05. The third kappa shape index (κ3) is 2.40. The molecular weight excluding hydrogens is 210 g/mol. The summed E-state index contributed by atoms with van der Waals surface area (Å²) in [5, 5.41) is 8.93. The summed E-state index contributed by atoms with van der Waals surface area (Å²) in [7, 11) is 0. The number of aliphatic carboxylic acids is 1. The van der Waals surface area contributed by atoms with E-state index >= 15 is 0 Å². The highest BCUT2D eigenvalue weighted by Crippen LogP contribution is 2.20. The number of nitrogens with zero attached hydrogens (tertiary/aromatic N) is 1. The van der Waals surface area contributed by atoms with Gasteiger partial charge in [0.25, 0.3) is 0 Å². The number of likely N-dealkylation sites (tertiary alicyclic amines) is 1. The lowest BCUT2D eigenvalue weighted by atomic mass is 10.0. The molecule has 1 amide bonds. The molecule has 0 aromatic heterocycles. The normalized spacial score (nSPS) is 20.6. The van der Waals surface area contributed by atoms with Gasteiger partial charge in [0.2, 0.25) is 5.91 Å². The largest absolute Gasteiger partial charge is 0.480 e. The topological polar surface area (TPSA) is 74.7 Å². The number of carboxylic acids is 1. The van der Waals surface area contributed by atoms with E-state index in [9.17, 15) is 14.4 Å². The second-order valence-corrected chi connectivity index (χ2v) is 4.08. The van der Waals surface area contributed by atoms with Crippen molar-refractivity contribution >= 4 is 17.7 Å². The average molecular weight is 227 g/mol. The van der Waals surface area contributed by atoms with Crippen LogP contribution in [0, 0.1) is 5.92 Å². The quantitative estimate of drug-likeness (QED) is 0.766. The van der Waals surface area contributed by atoms with E-state index in [2.05, 4.69) is 0 Å². The molecule has 0 saturated carbocycles. The molecule has 5 nitrogen and oxygen atoms in total. The van der Waals surface area contributed by atoms with Crippen LogP contribution in [-0.4, -0.2) is 40.3 Å². The van der Waals surface area contributed by atoms with Crippen LogP contribution in [0.1, 0.15) is 33.1 Å². The Morgan fingerprint density at radius 2 is 2.00 bits per heavy atom. The van der Waals surface area contributed by atoms with Gasteiger partial charge in [-0.15, -0.1) is 0 Å². The maximum Gasteiger partial charge on any atom is 0.326 e. The van der Waals surface area contributed by atoms with Crippen LogP contribution < -0.4 is 0 Å². The molecule has 0 aliphatic carbocycles. The van der Waals surface area contributed by atoms with Gasteiger partial charge in [0.05, 0.1) is 6.54 Å². The summed E-state index contributed by atoms with van der Waals surface area (Å²) in [6, 6.07) is -0.958. The predicted molar refractivity (Wildman–Crippen MR) is 56.8 cm³/mol. The minimum Gasteiger partial charge on any atom is -0.480 e. The highest BCUT2D eigenvalue weighted by Gasteiger charge is 2.40. The molecular formula is C11H17NO4. The Morgan fingerprint density at radius 1 is 1.44 bits per heavy atom. The summed E-state index contributed by atoms with van der Waals surface area (Å²) in [5.41, 5.74) is 0. The van der Waals surface area contributed by atoms with Crippen molar-refractivity contribution in [3.63, 3.8) is 0 Å². The fraction of sp³-hybridized carbons (Fsp3) is 0.727. The highest BCUT2D eigenvalue weighted by molar-refractivity contribution is 5.97. The van der Waals surface area contributed by atoms with E-state index in [-0.39, 0.29) is 30.6 Å². The number of Topliss-reactive ketones (excluding diaryl/α,β-unsaturated/α-hetero) is 1. The molecule has 1 N–H and O–H groups in total. The van der Waals surface area contributed by atoms with Crippen molar-refractivity contribution in [2.45, 2.75) is 39.2 Å². The second kappa shape index (κ2) is 5.09. The number of carbonyl (C=O) groups excluding carboxylic acids is 2. The lowest BCUT2D eigenvalue weighted by Gasteiger charge is -2.24. The Morgan fingerprint density at radius 3 is 2.44 bits per heavy atom. The van der Waals surface area contributed by atoms with Crippen LogP contribution in [-0.2, 0) is 14.4 Å². The maximum absolute atomic E-state index is 12.0. The van der Waals surface area contributed by atoms with Crippen molar-refractivity contribution in [2.24, 2.45) is 5.92 Å². The number of hydrogen-bond donors (Lipinski definition) is 1. The number of ketones is 1. The maximum atomic E-state index is 12.0. The first-order valence-corrected chi connectivity index (χ1v) is 5.56. The first kappa shape index (κ1) is 12.7. The van der Waals surface area contributed by atoms with Crippen LogP contribution >= 0.6 is 0 Å². The molecule has 0 aromatic carbocycles. The highest BCUT2D eigenvalue weighted by atomic mass is 16.4. The minimum absolute atomic E-state index is 0.0493. The van der Waals surface area contributed by atoms with Crippen molar-refractivity contribution in [1.29, 1.82) is 0 Å². The van der Waals surface area contributed by atoms with Crippen LogP contribution in [0.5, 0.6) is 0 Å². The van der Waals surface area contributed by atoms with Crippen molar-refractivity contribution in [3.8, 4) is 0 Å². The van der Waals surface area contributed by atoms with Crippen LogP contribution in [0.2, 0.25) is 0 Å². The van der Waals surface area contributed by atoms with Gasteiger partial charge in [-0.05, 0) is 12.8 Å². The van der Waals surface area contributed by atoms with E-state index in [1.54, 1.807) is 0 Å². The molecule has 1 aliphatic rings. The molecule has 0 aromatic rings. The molecule has 0 bridgehead atoms. The zero-order valence-corrected chi connectivity index (χ0v) is 9.60. The minimum atomic E-state index is -1.09. The lowest BCUT2D eigenvalue weighted by molar-refractivity contribution is -0.150. The van der Waals surface area contributed by atoms with Gasteiger partial charge in [0, 0.05) is 12.3 Å². The molecule has 90 valence electrons. The van der Waals surface area contributed by atoms with Crippen molar-refractivity contribution < 1.29 is 19.5 Å². The van der Waals surface area contributed by atoms with Gasteiger partial charge in [0.15, 0.2) is 5.78 Å². The molecule has 1 unspecified atom stereocenters.